The van der Waals surface area contributed by atoms with E-state index < -0.39 is 11.2 Å². The number of hydrogen-bond acceptors (Lipinski definition) is 7. The number of halogens is 4. The molecule has 11 heteroatoms. The first-order valence-corrected chi connectivity index (χ1v) is 9.80. The number of aromatic nitrogens is 3. The summed E-state index contributed by atoms with van der Waals surface area (Å²) in [6.45, 7) is 3.43. The van der Waals surface area contributed by atoms with Crippen molar-refractivity contribution in [1.29, 1.82) is 0 Å². The Morgan fingerprint density at radius 2 is 1.97 bits per heavy atom. The predicted octanol–water partition coefficient (Wildman–Crippen LogP) is 5.38. The van der Waals surface area contributed by atoms with Crippen LogP contribution in [0.2, 0.25) is 5.02 Å². The van der Waals surface area contributed by atoms with Gasteiger partial charge in [-0.1, -0.05) is 17.7 Å². The molecule has 30 heavy (non-hydrogen) atoms. The number of fused-ring (bicyclic) bond motifs is 1. The molecule has 2 heterocycles. The third-order valence-electron chi connectivity index (χ3n) is 3.58. The highest BCUT2D eigenvalue weighted by Gasteiger charge is 2.35. The van der Waals surface area contributed by atoms with Crippen LogP contribution in [0.3, 0.4) is 0 Å². The predicted molar refractivity (Wildman–Crippen MR) is 111 cm³/mol. The number of rotatable bonds is 5. The van der Waals surface area contributed by atoms with Crippen molar-refractivity contribution in [3.8, 4) is 11.6 Å². The molecule has 3 rings (SSSR count). The summed E-state index contributed by atoms with van der Waals surface area (Å²) in [5.74, 6) is 0.360. The molecule has 0 saturated heterocycles. The smallest absolute Gasteiger partial charge is 0.436 e. The summed E-state index contributed by atoms with van der Waals surface area (Å²) in [6.07, 6.45) is 2.91. The minimum atomic E-state index is -4.52. The number of nitrogens with one attached hydrogen (secondary N) is 1. The van der Waals surface area contributed by atoms with E-state index in [9.17, 15) is 13.2 Å². The summed E-state index contributed by atoms with van der Waals surface area (Å²) < 4.78 is 44.2. The second-order valence-corrected chi connectivity index (χ2v) is 7.17. The van der Waals surface area contributed by atoms with Gasteiger partial charge in [-0.2, -0.15) is 13.2 Å². The molecule has 0 unspecified atom stereocenters. The second kappa shape index (κ2) is 10.5. The summed E-state index contributed by atoms with van der Waals surface area (Å²) in [7, 11) is 1.85. The fourth-order valence-corrected chi connectivity index (χ4v) is 3.23. The van der Waals surface area contributed by atoms with Crippen LogP contribution in [-0.2, 0) is 11.0 Å². The number of aldehydes is 1. The molecule has 3 aromatic rings. The Kier molecular flexibility index (Phi) is 8.27. The van der Waals surface area contributed by atoms with Gasteiger partial charge in [0.25, 0.3) is 0 Å². The average Bonchev–Trinajstić information content (AvgIpc) is 3.16. The van der Waals surface area contributed by atoms with Crippen molar-refractivity contribution >= 4 is 45.5 Å². The molecule has 0 radical (unpaired) electrons. The van der Waals surface area contributed by atoms with Crippen molar-refractivity contribution in [2.75, 3.05) is 7.05 Å². The summed E-state index contributed by atoms with van der Waals surface area (Å²) in [5.41, 5.74) is 0.804. The Morgan fingerprint density at radius 1 is 1.27 bits per heavy atom. The lowest BCUT2D eigenvalue weighted by molar-refractivity contribution is -0.137. The fourth-order valence-electron chi connectivity index (χ4n) is 2.06. The zero-order valence-electron chi connectivity index (χ0n) is 16.2. The van der Waals surface area contributed by atoms with Gasteiger partial charge in [-0.05, 0) is 39.1 Å². The molecular formula is C19H18ClF3N4O2S. The normalized spacial score (nSPS) is 12.5. The number of carbonyl (C=O) groups is 1. The second-order valence-electron chi connectivity index (χ2n) is 5.80. The van der Waals surface area contributed by atoms with Gasteiger partial charge in [-0.3, -0.25) is 0 Å². The molecule has 1 aromatic carbocycles. The zero-order valence-corrected chi connectivity index (χ0v) is 17.8. The van der Waals surface area contributed by atoms with E-state index >= 15 is 0 Å². The molecule has 0 aliphatic heterocycles. The number of nitrogens with zero attached hydrogens (tertiary/aromatic N) is 3. The molecule has 0 fully saturated rings. The molecule has 0 aliphatic rings. The van der Waals surface area contributed by atoms with Crippen molar-refractivity contribution < 1.29 is 22.7 Å². The molecule has 6 nitrogen and oxygen atoms in total. The van der Waals surface area contributed by atoms with Crippen molar-refractivity contribution in [3.05, 3.63) is 46.3 Å². The van der Waals surface area contributed by atoms with E-state index in [1.807, 2.05) is 26.1 Å². The molecule has 0 spiro atoms. The lowest BCUT2D eigenvalue weighted by Gasteiger charge is -2.07. The minimum absolute atomic E-state index is 0.0501. The number of likely N-dealkylation sites (N-methyl/N-ethyl adjacent to an activating group) is 1. The first-order valence-electron chi connectivity index (χ1n) is 8.61. The van der Waals surface area contributed by atoms with Gasteiger partial charge in [0.1, 0.15) is 17.1 Å². The van der Waals surface area contributed by atoms with Gasteiger partial charge in [0.05, 0.1) is 28.3 Å². The molecule has 0 amide bonds. The molecule has 1 atom stereocenters. The zero-order chi connectivity index (χ0) is 22.3. The van der Waals surface area contributed by atoms with E-state index in [1.54, 1.807) is 0 Å². The molecule has 1 N–H and O–H groups in total. The largest absolute Gasteiger partial charge is 0.443 e. The van der Waals surface area contributed by atoms with Gasteiger partial charge < -0.3 is 14.8 Å². The average molecular weight is 459 g/mol. The first-order chi connectivity index (χ1) is 14.2. The number of ether oxygens (including phenoxy) is 1. The number of hydrogen-bond donors (Lipinski definition) is 1. The highest BCUT2D eigenvalue weighted by molar-refractivity contribution is 7.19. The maximum absolute atomic E-state index is 12.8. The standard InChI is InChI=1S/C17H14ClF3N4OS.C2H4O/c1-9(22-2)3-4-10-7-24-13(8-23-10)26-12-6-5-11-15(14(12)18)27-16(25-11)17(19,20)21;1-2-3/h3-9,22H,1-2H3;2H,1H3/b4-3+;/t9-;/m0./s1. The van der Waals surface area contributed by atoms with E-state index in [-0.39, 0.29) is 32.9 Å². The highest BCUT2D eigenvalue weighted by Crippen LogP contribution is 2.42. The van der Waals surface area contributed by atoms with Crippen LogP contribution in [0, 0.1) is 0 Å². The highest BCUT2D eigenvalue weighted by atomic mass is 35.5. The Morgan fingerprint density at radius 3 is 2.53 bits per heavy atom. The van der Waals surface area contributed by atoms with Gasteiger partial charge in [0, 0.05) is 6.04 Å². The van der Waals surface area contributed by atoms with E-state index in [0.29, 0.717) is 17.0 Å². The van der Waals surface area contributed by atoms with E-state index in [4.69, 9.17) is 21.1 Å². The number of thiazole rings is 1. The van der Waals surface area contributed by atoms with E-state index in [0.717, 1.165) is 6.29 Å². The topological polar surface area (TPSA) is 77.0 Å². The first kappa shape index (κ1) is 23.7. The van der Waals surface area contributed by atoms with Crippen molar-refractivity contribution in [3.63, 3.8) is 0 Å². The maximum atomic E-state index is 12.8. The van der Waals surface area contributed by atoms with Crippen LogP contribution in [0.1, 0.15) is 24.5 Å². The van der Waals surface area contributed by atoms with Crippen molar-refractivity contribution in [1.82, 2.24) is 20.3 Å². The van der Waals surface area contributed by atoms with Crippen LogP contribution < -0.4 is 10.1 Å². The molecule has 0 aliphatic carbocycles. The summed E-state index contributed by atoms with van der Waals surface area (Å²) >= 11 is 6.67. The van der Waals surface area contributed by atoms with Crippen LogP contribution >= 0.6 is 22.9 Å². The van der Waals surface area contributed by atoms with Crippen LogP contribution in [0.25, 0.3) is 16.3 Å². The van der Waals surface area contributed by atoms with Crippen LogP contribution in [0.15, 0.2) is 30.6 Å². The Labute approximate surface area is 179 Å². The Bertz CT molecular complexity index is 1020. The van der Waals surface area contributed by atoms with Crippen molar-refractivity contribution in [2.24, 2.45) is 0 Å². The van der Waals surface area contributed by atoms with Gasteiger partial charge in [0.15, 0.2) is 5.01 Å². The molecular weight excluding hydrogens is 441 g/mol. The van der Waals surface area contributed by atoms with Crippen LogP contribution in [0.4, 0.5) is 13.2 Å². The maximum Gasteiger partial charge on any atom is 0.443 e. The quantitative estimate of drug-likeness (QED) is 0.517. The van der Waals surface area contributed by atoms with Gasteiger partial charge in [-0.15, -0.1) is 11.3 Å². The van der Waals surface area contributed by atoms with E-state index in [2.05, 4.69) is 20.3 Å². The van der Waals surface area contributed by atoms with Crippen LogP contribution in [0.5, 0.6) is 11.6 Å². The fraction of sp³-hybridized carbons (Fsp3) is 0.263. The van der Waals surface area contributed by atoms with Gasteiger partial charge >= 0.3 is 6.18 Å². The molecule has 160 valence electrons. The third kappa shape index (κ3) is 6.22. The lowest BCUT2D eigenvalue weighted by Crippen LogP contribution is -2.17. The summed E-state index contributed by atoms with van der Waals surface area (Å²) in [6, 6.07) is 3.06. The number of alkyl halides is 3. The number of benzene rings is 1. The number of carbonyl (C=O) groups excluding carboxylic acids is 1. The lowest BCUT2D eigenvalue weighted by atomic mass is 10.3. The monoisotopic (exact) mass is 458 g/mol. The summed E-state index contributed by atoms with van der Waals surface area (Å²) in [4.78, 5) is 20.7. The minimum Gasteiger partial charge on any atom is -0.436 e. The molecule has 0 saturated carbocycles. The van der Waals surface area contributed by atoms with Crippen molar-refractivity contribution in [2.45, 2.75) is 26.1 Å². The third-order valence-corrected chi connectivity index (χ3v) is 5.20. The molecule has 0 bridgehead atoms. The van der Waals surface area contributed by atoms with Gasteiger partial charge in [-0.25, -0.2) is 15.0 Å². The van der Waals surface area contributed by atoms with E-state index in [1.165, 1.54) is 31.5 Å². The van der Waals surface area contributed by atoms with Gasteiger partial charge in [0.2, 0.25) is 5.88 Å². The summed E-state index contributed by atoms with van der Waals surface area (Å²) in [5, 5.41) is 2.16. The molecule has 2 aromatic heterocycles. The Balaban J connectivity index is 0.00000101. The Hall–Kier alpha value is -2.56. The van der Waals surface area contributed by atoms with Crippen LogP contribution in [-0.4, -0.2) is 34.3 Å². The SMILES string of the molecule is CC=O.CN[C@@H](C)/C=C/c1cnc(Oc2ccc3nc(C(F)(F)F)sc3c2Cl)cn1.